The van der Waals surface area contributed by atoms with Crippen molar-refractivity contribution in [1.29, 1.82) is 0 Å². The van der Waals surface area contributed by atoms with Crippen molar-refractivity contribution in [3.05, 3.63) is 16.4 Å². The van der Waals surface area contributed by atoms with Gasteiger partial charge < -0.3 is 15.8 Å². The van der Waals surface area contributed by atoms with Gasteiger partial charge in [-0.2, -0.15) is 13.2 Å². The number of aryl methyl sites for hydroxylation is 2. The summed E-state index contributed by atoms with van der Waals surface area (Å²) < 4.78 is 41.2. The minimum atomic E-state index is -4.55. The molecule has 0 bridgehead atoms. The molecule has 2 aromatic rings. The molecule has 0 aliphatic heterocycles. The van der Waals surface area contributed by atoms with Crippen LogP contribution in [0.2, 0.25) is 0 Å². The first-order valence-electron chi connectivity index (χ1n) is 7.08. The number of alkyl halides is 3. The van der Waals surface area contributed by atoms with Crippen LogP contribution in [0.3, 0.4) is 0 Å². The maximum absolute atomic E-state index is 12.2. The highest BCUT2D eigenvalue weighted by Gasteiger charge is 2.30. The number of carbonyl (C=O) groups is 2. The van der Waals surface area contributed by atoms with Crippen LogP contribution in [0, 0.1) is 13.8 Å². The van der Waals surface area contributed by atoms with Gasteiger partial charge in [-0.3, -0.25) is 4.79 Å². The Morgan fingerprint density at radius 2 is 1.96 bits per heavy atom. The second-order valence-electron chi connectivity index (χ2n) is 5.26. The van der Waals surface area contributed by atoms with Crippen molar-refractivity contribution in [3.8, 4) is 0 Å². The van der Waals surface area contributed by atoms with Crippen LogP contribution in [0.4, 0.5) is 18.9 Å². The van der Waals surface area contributed by atoms with Crippen LogP contribution in [-0.2, 0) is 9.53 Å². The maximum Gasteiger partial charge on any atom is 0.405 e. The molecule has 25 heavy (non-hydrogen) atoms. The number of anilines is 1. The molecule has 136 valence electrons. The number of hydrogen-bond acceptors (Lipinski definition) is 7. The Balaban J connectivity index is 2.16. The van der Waals surface area contributed by atoms with Gasteiger partial charge in [0.15, 0.2) is 6.10 Å². The van der Waals surface area contributed by atoms with Gasteiger partial charge in [0.05, 0.1) is 16.8 Å². The molecule has 11 heteroatoms. The number of amides is 1. The smallest absolute Gasteiger partial charge is 0.405 e. The molecule has 0 saturated carbocycles. The molecule has 0 unspecified atom stereocenters. The Labute approximate surface area is 144 Å². The lowest BCUT2D eigenvalue weighted by molar-refractivity contribution is -0.143. The lowest BCUT2D eigenvalue weighted by Gasteiger charge is -2.14. The average molecular weight is 376 g/mol. The first-order valence-corrected chi connectivity index (χ1v) is 7.90. The van der Waals surface area contributed by atoms with E-state index in [-0.39, 0.29) is 10.6 Å². The highest BCUT2D eigenvalue weighted by Crippen LogP contribution is 2.34. The normalized spacial score (nSPS) is 12.9. The summed E-state index contributed by atoms with van der Waals surface area (Å²) in [6.45, 7) is 3.06. The Hall–Kier alpha value is -2.43. The number of thiophene rings is 1. The number of nitrogens with one attached hydrogen (secondary N) is 1. The van der Waals surface area contributed by atoms with E-state index < -0.39 is 30.7 Å². The molecule has 1 amide bonds. The number of aromatic nitrogens is 2. The lowest BCUT2D eigenvalue weighted by atomic mass is 10.2. The number of nitrogen functional groups attached to an aromatic ring is 1. The molecule has 0 saturated heterocycles. The molecule has 0 spiro atoms. The Morgan fingerprint density at radius 1 is 1.32 bits per heavy atom. The number of carbonyl (C=O) groups excluding carboxylic acids is 2. The number of nitrogens with zero attached hydrogens (tertiary/aromatic N) is 2. The van der Waals surface area contributed by atoms with Gasteiger partial charge >= 0.3 is 12.1 Å². The topological polar surface area (TPSA) is 107 Å². The van der Waals surface area contributed by atoms with E-state index in [4.69, 9.17) is 10.5 Å². The van der Waals surface area contributed by atoms with Gasteiger partial charge in [0.2, 0.25) is 0 Å². The molecule has 0 aromatic carbocycles. The van der Waals surface area contributed by atoms with Crippen molar-refractivity contribution in [2.45, 2.75) is 33.1 Å². The van der Waals surface area contributed by atoms with E-state index in [1.165, 1.54) is 6.92 Å². The van der Waals surface area contributed by atoms with Crippen molar-refractivity contribution in [1.82, 2.24) is 15.3 Å². The molecular formula is C14H15F3N4O3S. The number of fused-ring (bicyclic) bond motifs is 1. The van der Waals surface area contributed by atoms with Crippen LogP contribution in [-0.4, -0.2) is 40.7 Å². The molecular weight excluding hydrogens is 361 g/mol. The Morgan fingerprint density at radius 3 is 2.56 bits per heavy atom. The predicted octanol–water partition coefficient (Wildman–Crippen LogP) is 2.11. The molecule has 3 N–H and O–H groups in total. The largest absolute Gasteiger partial charge is 0.448 e. The van der Waals surface area contributed by atoms with E-state index >= 15 is 0 Å². The van der Waals surface area contributed by atoms with Crippen molar-refractivity contribution in [2.75, 3.05) is 12.3 Å². The summed E-state index contributed by atoms with van der Waals surface area (Å²) in [4.78, 5) is 32.6. The van der Waals surface area contributed by atoms with Crippen LogP contribution >= 0.6 is 11.3 Å². The quantitative estimate of drug-likeness (QED) is 0.792. The van der Waals surface area contributed by atoms with Gasteiger partial charge in [-0.1, -0.05) is 0 Å². The molecule has 1 atom stereocenters. The molecule has 0 radical (unpaired) electrons. The number of hydrogen-bond donors (Lipinski definition) is 2. The number of rotatable bonds is 4. The molecule has 2 heterocycles. The maximum atomic E-state index is 12.2. The number of halogens is 3. The Kier molecular flexibility index (Phi) is 5.16. The van der Waals surface area contributed by atoms with Crippen LogP contribution in [0.25, 0.3) is 10.2 Å². The summed E-state index contributed by atoms with van der Waals surface area (Å²) in [5.74, 6) is -1.46. The molecule has 2 rings (SSSR count). The molecule has 7 nitrogen and oxygen atoms in total. The van der Waals surface area contributed by atoms with Crippen molar-refractivity contribution in [3.63, 3.8) is 0 Å². The summed E-state index contributed by atoms with van der Waals surface area (Å²) in [6.07, 6.45) is -5.96. The van der Waals surface area contributed by atoms with Crippen molar-refractivity contribution in [2.24, 2.45) is 0 Å². The second kappa shape index (κ2) is 6.82. The molecule has 0 aliphatic rings. The van der Waals surface area contributed by atoms with Gasteiger partial charge in [-0.15, -0.1) is 11.3 Å². The predicted molar refractivity (Wildman–Crippen MR) is 85.2 cm³/mol. The van der Waals surface area contributed by atoms with Crippen LogP contribution < -0.4 is 11.1 Å². The zero-order valence-corrected chi connectivity index (χ0v) is 14.3. The molecule has 0 aliphatic carbocycles. The first kappa shape index (κ1) is 18.9. The Bertz CT molecular complexity index is 835. The average Bonchev–Trinajstić information content (AvgIpc) is 2.80. The van der Waals surface area contributed by atoms with E-state index in [1.807, 2.05) is 0 Å². The van der Waals surface area contributed by atoms with E-state index in [0.717, 1.165) is 11.3 Å². The first-order chi connectivity index (χ1) is 11.5. The van der Waals surface area contributed by atoms with Crippen LogP contribution in [0.15, 0.2) is 0 Å². The fourth-order valence-corrected chi connectivity index (χ4v) is 3.15. The third-order valence-corrected chi connectivity index (χ3v) is 4.26. The minimum absolute atomic E-state index is 0.0217. The van der Waals surface area contributed by atoms with Gasteiger partial charge in [0.1, 0.15) is 22.1 Å². The fraction of sp³-hybridized carbons (Fsp3) is 0.429. The van der Waals surface area contributed by atoms with Crippen molar-refractivity contribution < 1.29 is 27.5 Å². The van der Waals surface area contributed by atoms with Crippen LogP contribution in [0.5, 0.6) is 0 Å². The third kappa shape index (κ3) is 4.35. The lowest BCUT2D eigenvalue weighted by Crippen LogP contribution is -2.40. The summed E-state index contributed by atoms with van der Waals surface area (Å²) in [5.41, 5.74) is 6.64. The SMILES string of the molecule is Cc1nc(C)c2c(N)c(C(=O)O[C@H](C)C(=O)NCC(F)(F)F)sc2n1. The number of esters is 1. The van der Waals surface area contributed by atoms with E-state index in [9.17, 15) is 22.8 Å². The van der Waals surface area contributed by atoms with E-state index in [1.54, 1.807) is 19.2 Å². The van der Waals surface area contributed by atoms with Gasteiger partial charge in [-0.05, 0) is 20.8 Å². The third-order valence-electron chi connectivity index (χ3n) is 3.18. The fourth-order valence-electron chi connectivity index (χ4n) is 2.08. The zero-order chi connectivity index (χ0) is 18.9. The zero-order valence-electron chi connectivity index (χ0n) is 13.5. The van der Waals surface area contributed by atoms with Gasteiger partial charge in [0.25, 0.3) is 5.91 Å². The highest BCUT2D eigenvalue weighted by atomic mass is 32.1. The van der Waals surface area contributed by atoms with Crippen LogP contribution in [0.1, 0.15) is 28.1 Å². The van der Waals surface area contributed by atoms with E-state index in [2.05, 4.69) is 9.97 Å². The monoisotopic (exact) mass is 376 g/mol. The summed E-state index contributed by atoms with van der Waals surface area (Å²) in [6, 6.07) is 0. The minimum Gasteiger partial charge on any atom is -0.448 e. The molecule has 0 fully saturated rings. The van der Waals surface area contributed by atoms with Gasteiger partial charge in [-0.25, -0.2) is 14.8 Å². The number of ether oxygens (including phenoxy) is 1. The van der Waals surface area contributed by atoms with Gasteiger partial charge in [0, 0.05) is 0 Å². The molecule has 2 aromatic heterocycles. The summed E-state index contributed by atoms with van der Waals surface area (Å²) in [5, 5.41) is 2.16. The standard InChI is InChI=1S/C14H15F3N4O3S/c1-5-8-9(18)10(25-12(8)21-7(3)20-5)13(23)24-6(2)11(22)19-4-14(15,16)17/h6H,4,18H2,1-3H3,(H,19,22)/t6-/m1/s1. The second-order valence-corrected chi connectivity index (χ2v) is 6.26. The number of nitrogens with two attached hydrogens (primary N) is 1. The van der Waals surface area contributed by atoms with E-state index in [0.29, 0.717) is 21.7 Å². The summed E-state index contributed by atoms with van der Waals surface area (Å²) in [7, 11) is 0. The highest BCUT2D eigenvalue weighted by molar-refractivity contribution is 7.21. The van der Waals surface area contributed by atoms with Crippen molar-refractivity contribution >= 4 is 39.1 Å². The summed E-state index contributed by atoms with van der Waals surface area (Å²) >= 11 is 0.969.